The molecule has 1 saturated carbocycles. The lowest BCUT2D eigenvalue weighted by molar-refractivity contribution is 0.0734. The maximum atomic E-state index is 12.5. The van der Waals surface area contributed by atoms with E-state index in [1.807, 2.05) is 24.3 Å². The number of esters is 1. The number of hydrogen-bond acceptors (Lipinski definition) is 4. The van der Waals surface area contributed by atoms with Gasteiger partial charge in [-0.25, -0.2) is 4.79 Å². The van der Waals surface area contributed by atoms with E-state index in [9.17, 15) is 4.79 Å². The second-order valence-electron chi connectivity index (χ2n) is 9.96. The fourth-order valence-electron chi connectivity index (χ4n) is 4.74. The lowest BCUT2D eigenvalue weighted by atomic mass is 9.79. The summed E-state index contributed by atoms with van der Waals surface area (Å²) in [7, 11) is 0. The summed E-state index contributed by atoms with van der Waals surface area (Å²) in [5.74, 6) is 3.29. The molecule has 4 nitrogen and oxygen atoms in total. The summed E-state index contributed by atoms with van der Waals surface area (Å²) >= 11 is 0. The van der Waals surface area contributed by atoms with Gasteiger partial charge in [0, 0.05) is 0 Å². The minimum Gasteiger partial charge on any atom is -0.494 e. The number of carbonyl (C=O) groups excluding carboxylic acids is 1. The Morgan fingerprint density at radius 1 is 0.778 bits per heavy atom. The van der Waals surface area contributed by atoms with E-state index in [2.05, 4.69) is 26.0 Å². The summed E-state index contributed by atoms with van der Waals surface area (Å²) in [5.41, 5.74) is 0.497. The maximum absolute atomic E-state index is 12.5. The third-order valence-corrected chi connectivity index (χ3v) is 7.00. The second-order valence-corrected chi connectivity index (χ2v) is 9.96. The Bertz CT molecular complexity index is 893. The molecule has 0 saturated heterocycles. The van der Waals surface area contributed by atoms with E-state index >= 15 is 0 Å². The highest BCUT2D eigenvalue weighted by molar-refractivity contribution is 5.91. The number of carbonyl (C=O) groups is 1. The fourth-order valence-corrected chi connectivity index (χ4v) is 4.74. The molecule has 0 aromatic heterocycles. The average molecular weight is 493 g/mol. The molecule has 0 spiro atoms. The molecule has 0 radical (unpaired) electrons. The number of ether oxygens (including phenoxy) is 3. The molecule has 2 aromatic rings. The van der Waals surface area contributed by atoms with Gasteiger partial charge in [0.15, 0.2) is 0 Å². The van der Waals surface area contributed by atoms with Gasteiger partial charge in [-0.15, -0.1) is 0 Å². The van der Waals surface area contributed by atoms with Gasteiger partial charge in [0.1, 0.15) is 23.9 Å². The molecule has 0 bridgehead atoms. The van der Waals surface area contributed by atoms with Crippen molar-refractivity contribution < 1.29 is 19.0 Å². The first-order valence-electron chi connectivity index (χ1n) is 14.0. The average Bonchev–Trinajstić information content (AvgIpc) is 2.91. The van der Waals surface area contributed by atoms with Crippen LogP contribution in [0, 0.1) is 11.8 Å². The third-order valence-electron chi connectivity index (χ3n) is 7.00. The summed E-state index contributed by atoms with van der Waals surface area (Å²) < 4.78 is 17.0. The van der Waals surface area contributed by atoms with E-state index in [0.29, 0.717) is 30.4 Å². The highest BCUT2D eigenvalue weighted by Gasteiger charge is 2.18. The zero-order chi connectivity index (χ0) is 25.4. The summed E-state index contributed by atoms with van der Waals surface area (Å²) in [5, 5.41) is 0. The zero-order valence-electron chi connectivity index (χ0n) is 22.3. The number of benzene rings is 2. The lowest BCUT2D eigenvalue weighted by Gasteiger charge is -2.26. The van der Waals surface area contributed by atoms with Gasteiger partial charge in [-0.2, -0.15) is 0 Å². The van der Waals surface area contributed by atoms with E-state index in [4.69, 9.17) is 14.2 Å². The Morgan fingerprint density at radius 2 is 1.39 bits per heavy atom. The predicted molar refractivity (Wildman–Crippen MR) is 147 cm³/mol. The highest BCUT2D eigenvalue weighted by atomic mass is 16.5. The first-order chi connectivity index (χ1) is 17.7. The second kappa shape index (κ2) is 16.1. The van der Waals surface area contributed by atoms with Crippen molar-refractivity contribution in [2.45, 2.75) is 84.5 Å². The van der Waals surface area contributed by atoms with Crippen LogP contribution in [0.3, 0.4) is 0 Å². The van der Waals surface area contributed by atoms with Crippen LogP contribution in [-0.4, -0.2) is 19.2 Å². The first-order valence-corrected chi connectivity index (χ1v) is 14.0. The molecule has 36 heavy (non-hydrogen) atoms. The summed E-state index contributed by atoms with van der Waals surface area (Å²) in [6.45, 7) is 5.70. The number of hydrogen-bond donors (Lipinski definition) is 0. The SMILES string of the molecule is CCCCCOc1ccc(C(=O)Oc2ccc(OC/C=C/[C@H]3CC[C@H](CCCCC)CC3)cc2)cc1. The standard InChI is InChI=1S/C32H44O4/c1-3-5-7-10-26-12-14-27(15-13-26)11-9-25-35-30-20-22-31(23-21-30)36-32(33)28-16-18-29(19-17-28)34-24-8-6-4-2/h9,11,16-23,26-27H,3-8,10,12-15,24-25H2,1-2H3/b11-9+/t26-,27-. The van der Waals surface area contributed by atoms with E-state index in [1.54, 1.807) is 24.3 Å². The van der Waals surface area contributed by atoms with Gasteiger partial charge in [0.2, 0.25) is 0 Å². The largest absolute Gasteiger partial charge is 0.494 e. The Hall–Kier alpha value is -2.75. The summed E-state index contributed by atoms with van der Waals surface area (Å²) in [6.07, 6.45) is 18.7. The molecule has 1 fully saturated rings. The van der Waals surface area contributed by atoms with Crippen LogP contribution in [0.2, 0.25) is 0 Å². The van der Waals surface area contributed by atoms with Crippen LogP contribution >= 0.6 is 0 Å². The van der Waals surface area contributed by atoms with Crippen LogP contribution in [-0.2, 0) is 0 Å². The minimum atomic E-state index is -0.385. The van der Waals surface area contributed by atoms with Gasteiger partial charge in [-0.1, -0.05) is 64.5 Å². The van der Waals surface area contributed by atoms with Gasteiger partial charge in [0.25, 0.3) is 0 Å². The van der Waals surface area contributed by atoms with Crippen molar-refractivity contribution in [3.63, 3.8) is 0 Å². The van der Waals surface area contributed by atoms with Crippen LogP contribution in [0.25, 0.3) is 0 Å². The Kier molecular flexibility index (Phi) is 12.4. The molecule has 4 heteroatoms. The van der Waals surface area contributed by atoms with Crippen molar-refractivity contribution in [3.05, 3.63) is 66.2 Å². The van der Waals surface area contributed by atoms with E-state index in [1.165, 1.54) is 57.8 Å². The highest BCUT2D eigenvalue weighted by Crippen LogP contribution is 2.32. The van der Waals surface area contributed by atoms with Gasteiger partial charge in [-0.3, -0.25) is 0 Å². The van der Waals surface area contributed by atoms with Gasteiger partial charge < -0.3 is 14.2 Å². The van der Waals surface area contributed by atoms with Gasteiger partial charge in [-0.05, 0) is 92.5 Å². The van der Waals surface area contributed by atoms with E-state index in [-0.39, 0.29) is 5.97 Å². The molecule has 0 heterocycles. The molecule has 0 unspecified atom stereocenters. The fraction of sp³-hybridized carbons (Fsp3) is 0.531. The molecule has 0 amide bonds. The lowest BCUT2D eigenvalue weighted by Crippen LogP contribution is -2.13. The summed E-state index contributed by atoms with van der Waals surface area (Å²) in [4.78, 5) is 12.5. The maximum Gasteiger partial charge on any atom is 0.343 e. The van der Waals surface area contributed by atoms with Gasteiger partial charge >= 0.3 is 5.97 Å². The predicted octanol–water partition coefficient (Wildman–Crippen LogP) is 8.80. The summed E-state index contributed by atoms with van der Waals surface area (Å²) in [6, 6.07) is 14.3. The molecular weight excluding hydrogens is 448 g/mol. The van der Waals surface area contributed by atoms with Crippen LogP contribution in [0.5, 0.6) is 17.2 Å². The molecule has 196 valence electrons. The molecule has 3 rings (SSSR count). The Balaban J connectivity index is 1.34. The van der Waals surface area contributed by atoms with Crippen LogP contribution in [0.4, 0.5) is 0 Å². The Labute approximate surface area is 218 Å². The molecule has 0 atom stereocenters. The Morgan fingerprint density at radius 3 is 2.08 bits per heavy atom. The van der Waals surface area contributed by atoms with Crippen molar-refractivity contribution in [2.24, 2.45) is 11.8 Å². The van der Waals surface area contributed by atoms with E-state index < -0.39 is 0 Å². The van der Waals surface area contributed by atoms with Crippen LogP contribution in [0.1, 0.15) is 94.8 Å². The van der Waals surface area contributed by atoms with Crippen molar-refractivity contribution in [2.75, 3.05) is 13.2 Å². The minimum absolute atomic E-state index is 0.385. The van der Waals surface area contributed by atoms with Crippen LogP contribution < -0.4 is 14.2 Å². The van der Waals surface area contributed by atoms with Crippen molar-refractivity contribution >= 4 is 5.97 Å². The monoisotopic (exact) mass is 492 g/mol. The quantitative estimate of drug-likeness (QED) is 0.108. The van der Waals surface area contributed by atoms with Gasteiger partial charge in [0.05, 0.1) is 12.2 Å². The van der Waals surface area contributed by atoms with Crippen molar-refractivity contribution in [1.29, 1.82) is 0 Å². The van der Waals surface area contributed by atoms with Crippen molar-refractivity contribution in [3.8, 4) is 17.2 Å². The normalized spacial score (nSPS) is 17.7. The molecular formula is C32H44O4. The van der Waals surface area contributed by atoms with E-state index in [0.717, 1.165) is 30.3 Å². The van der Waals surface area contributed by atoms with Crippen LogP contribution in [0.15, 0.2) is 60.7 Å². The first kappa shape index (κ1) is 27.8. The molecule has 1 aliphatic carbocycles. The smallest absolute Gasteiger partial charge is 0.343 e. The van der Waals surface area contributed by atoms with Crippen molar-refractivity contribution in [1.82, 2.24) is 0 Å². The number of allylic oxidation sites excluding steroid dienone is 1. The zero-order valence-corrected chi connectivity index (χ0v) is 22.3. The molecule has 0 N–H and O–H groups in total. The number of unbranched alkanes of at least 4 members (excludes halogenated alkanes) is 4. The topological polar surface area (TPSA) is 44.8 Å². The molecule has 1 aliphatic rings. The third kappa shape index (κ3) is 10.1. The number of rotatable bonds is 15. The molecule has 2 aromatic carbocycles. The molecule has 0 aliphatic heterocycles.